The zero-order valence-corrected chi connectivity index (χ0v) is 11.9. The number of nitrogens with one attached hydrogen (secondary N) is 1. The molecular weight excluding hydrogens is 252 g/mol. The van der Waals surface area contributed by atoms with Gasteiger partial charge in [-0.25, -0.2) is 4.79 Å². The molecule has 20 heavy (non-hydrogen) atoms. The summed E-state index contributed by atoms with van der Waals surface area (Å²) in [6.45, 7) is 3.82. The van der Waals surface area contributed by atoms with Crippen LogP contribution >= 0.6 is 0 Å². The molecule has 0 aliphatic carbocycles. The van der Waals surface area contributed by atoms with E-state index in [4.69, 9.17) is 4.74 Å². The molecule has 1 unspecified atom stereocenters. The van der Waals surface area contributed by atoms with Gasteiger partial charge in [0.1, 0.15) is 0 Å². The van der Waals surface area contributed by atoms with Crippen LogP contribution in [0.1, 0.15) is 18.1 Å². The smallest absolute Gasteiger partial charge is 0.335 e. The lowest BCUT2D eigenvalue weighted by molar-refractivity contribution is -0.145. The molecule has 1 heterocycles. The first kappa shape index (κ1) is 14.1. The Morgan fingerprint density at radius 3 is 2.30 bits per heavy atom. The van der Waals surface area contributed by atoms with Gasteiger partial charge in [-0.05, 0) is 43.7 Å². The SMILES string of the molecule is COC(=O)C(C)(Nc1ccc(C)cc1)c1ccncc1. The largest absolute Gasteiger partial charge is 0.467 e. The zero-order chi connectivity index (χ0) is 14.6. The van der Waals surface area contributed by atoms with Gasteiger partial charge in [0.05, 0.1) is 7.11 Å². The van der Waals surface area contributed by atoms with Gasteiger partial charge >= 0.3 is 5.97 Å². The quantitative estimate of drug-likeness (QED) is 0.868. The van der Waals surface area contributed by atoms with Gasteiger partial charge in [0, 0.05) is 18.1 Å². The number of pyridine rings is 1. The predicted octanol–water partition coefficient (Wildman–Crippen LogP) is 2.89. The number of carbonyl (C=O) groups is 1. The third-order valence-corrected chi connectivity index (χ3v) is 3.30. The number of anilines is 1. The van der Waals surface area contributed by atoms with Gasteiger partial charge in [0.2, 0.25) is 0 Å². The van der Waals surface area contributed by atoms with Crippen LogP contribution in [0.5, 0.6) is 0 Å². The number of aryl methyl sites for hydroxylation is 1. The average Bonchev–Trinajstić information content (AvgIpc) is 2.49. The second-order valence-electron chi connectivity index (χ2n) is 4.84. The van der Waals surface area contributed by atoms with Gasteiger partial charge in [0.25, 0.3) is 0 Å². The highest BCUT2D eigenvalue weighted by Crippen LogP contribution is 2.27. The van der Waals surface area contributed by atoms with Crippen molar-refractivity contribution in [3.63, 3.8) is 0 Å². The van der Waals surface area contributed by atoms with E-state index in [1.165, 1.54) is 12.7 Å². The first-order chi connectivity index (χ1) is 9.56. The molecule has 1 aromatic heterocycles. The van der Waals surface area contributed by atoms with Gasteiger partial charge in [-0.15, -0.1) is 0 Å². The van der Waals surface area contributed by atoms with Crippen molar-refractivity contribution in [3.05, 3.63) is 59.9 Å². The standard InChI is InChI=1S/C16H18N2O2/c1-12-4-6-14(7-5-12)18-16(2,15(19)20-3)13-8-10-17-11-9-13/h4-11,18H,1-3H3. The number of hydrogen-bond donors (Lipinski definition) is 1. The maximum absolute atomic E-state index is 12.2. The maximum Gasteiger partial charge on any atom is 0.335 e. The van der Waals surface area contributed by atoms with Crippen LogP contribution in [0.2, 0.25) is 0 Å². The number of benzene rings is 1. The fourth-order valence-corrected chi connectivity index (χ4v) is 2.06. The summed E-state index contributed by atoms with van der Waals surface area (Å²) >= 11 is 0. The van der Waals surface area contributed by atoms with Crippen LogP contribution in [0.15, 0.2) is 48.8 Å². The molecule has 0 aliphatic rings. The molecule has 0 spiro atoms. The topological polar surface area (TPSA) is 51.2 Å². The minimum absolute atomic E-state index is 0.343. The van der Waals surface area contributed by atoms with Crippen molar-refractivity contribution in [1.82, 2.24) is 4.98 Å². The second kappa shape index (κ2) is 5.74. The lowest BCUT2D eigenvalue weighted by Crippen LogP contribution is -2.41. The molecule has 1 N–H and O–H groups in total. The Morgan fingerprint density at radius 1 is 1.15 bits per heavy atom. The summed E-state index contributed by atoms with van der Waals surface area (Å²) < 4.78 is 4.94. The maximum atomic E-state index is 12.2. The van der Waals surface area contributed by atoms with Crippen molar-refractivity contribution in [2.24, 2.45) is 0 Å². The molecule has 0 saturated heterocycles. The van der Waals surface area contributed by atoms with Crippen LogP contribution in [0, 0.1) is 6.92 Å². The van der Waals surface area contributed by atoms with Crippen molar-refractivity contribution < 1.29 is 9.53 Å². The van der Waals surface area contributed by atoms with Gasteiger partial charge in [-0.2, -0.15) is 0 Å². The number of ether oxygens (including phenoxy) is 1. The summed E-state index contributed by atoms with van der Waals surface area (Å²) in [4.78, 5) is 16.2. The predicted molar refractivity (Wildman–Crippen MR) is 78.4 cm³/mol. The molecule has 1 atom stereocenters. The lowest BCUT2D eigenvalue weighted by Gasteiger charge is -2.29. The molecule has 104 valence electrons. The first-order valence-corrected chi connectivity index (χ1v) is 6.40. The van der Waals surface area contributed by atoms with E-state index in [-0.39, 0.29) is 5.97 Å². The molecule has 1 aromatic carbocycles. The third-order valence-electron chi connectivity index (χ3n) is 3.30. The van der Waals surface area contributed by atoms with E-state index >= 15 is 0 Å². The fraction of sp³-hybridized carbons (Fsp3) is 0.250. The average molecular weight is 270 g/mol. The second-order valence-corrected chi connectivity index (χ2v) is 4.84. The monoisotopic (exact) mass is 270 g/mol. The highest BCUT2D eigenvalue weighted by Gasteiger charge is 2.36. The van der Waals surface area contributed by atoms with Gasteiger partial charge in [-0.1, -0.05) is 17.7 Å². The van der Waals surface area contributed by atoms with E-state index in [0.29, 0.717) is 0 Å². The van der Waals surface area contributed by atoms with Crippen molar-refractivity contribution in [2.45, 2.75) is 19.4 Å². The Morgan fingerprint density at radius 2 is 1.75 bits per heavy atom. The van der Waals surface area contributed by atoms with Crippen LogP contribution in [0.4, 0.5) is 5.69 Å². The summed E-state index contributed by atoms with van der Waals surface area (Å²) in [6, 6.07) is 11.5. The molecular formula is C16H18N2O2. The Labute approximate surface area is 118 Å². The summed E-state index contributed by atoms with van der Waals surface area (Å²) in [7, 11) is 1.39. The van der Waals surface area contributed by atoms with E-state index in [2.05, 4.69) is 10.3 Å². The van der Waals surface area contributed by atoms with Crippen molar-refractivity contribution >= 4 is 11.7 Å². The van der Waals surface area contributed by atoms with Crippen LogP contribution < -0.4 is 5.32 Å². The summed E-state index contributed by atoms with van der Waals surface area (Å²) in [6.07, 6.45) is 3.32. The Bertz CT molecular complexity index is 581. The summed E-state index contributed by atoms with van der Waals surface area (Å²) in [5.41, 5.74) is 1.88. The van der Waals surface area contributed by atoms with Crippen molar-refractivity contribution in [3.8, 4) is 0 Å². The van der Waals surface area contributed by atoms with Crippen molar-refractivity contribution in [1.29, 1.82) is 0 Å². The number of nitrogens with zero attached hydrogens (tertiary/aromatic N) is 1. The van der Waals surface area contributed by atoms with Crippen molar-refractivity contribution in [2.75, 3.05) is 12.4 Å². The zero-order valence-electron chi connectivity index (χ0n) is 11.9. The van der Waals surface area contributed by atoms with Crippen LogP contribution in [0.25, 0.3) is 0 Å². The highest BCUT2D eigenvalue weighted by molar-refractivity contribution is 5.85. The number of hydrogen-bond acceptors (Lipinski definition) is 4. The van der Waals surface area contributed by atoms with E-state index in [1.54, 1.807) is 31.5 Å². The molecule has 0 radical (unpaired) electrons. The number of esters is 1. The van der Waals surface area contributed by atoms with E-state index in [1.807, 2.05) is 31.2 Å². The molecule has 0 fully saturated rings. The fourth-order valence-electron chi connectivity index (χ4n) is 2.06. The van der Waals surface area contributed by atoms with Crippen LogP contribution in [0.3, 0.4) is 0 Å². The van der Waals surface area contributed by atoms with E-state index in [0.717, 1.165) is 11.3 Å². The molecule has 2 aromatic rings. The van der Waals surface area contributed by atoms with Crippen LogP contribution in [-0.2, 0) is 15.1 Å². The third kappa shape index (κ3) is 2.79. The molecule has 2 rings (SSSR count). The Balaban J connectivity index is 2.38. The summed E-state index contributed by atoms with van der Waals surface area (Å²) in [5.74, 6) is -0.343. The molecule has 0 amide bonds. The molecule has 4 heteroatoms. The highest BCUT2D eigenvalue weighted by atomic mass is 16.5. The molecule has 4 nitrogen and oxygen atoms in total. The van der Waals surface area contributed by atoms with E-state index in [9.17, 15) is 4.79 Å². The minimum Gasteiger partial charge on any atom is -0.467 e. The minimum atomic E-state index is -0.951. The van der Waals surface area contributed by atoms with Crippen LogP contribution in [-0.4, -0.2) is 18.1 Å². The number of rotatable bonds is 4. The Kier molecular flexibility index (Phi) is 4.03. The van der Waals surface area contributed by atoms with Gasteiger partial charge in [0.15, 0.2) is 5.54 Å². The molecule has 0 bridgehead atoms. The number of carbonyl (C=O) groups excluding carboxylic acids is 1. The number of aromatic nitrogens is 1. The molecule has 0 saturated carbocycles. The lowest BCUT2D eigenvalue weighted by atomic mass is 9.92. The molecule has 0 aliphatic heterocycles. The van der Waals surface area contributed by atoms with E-state index < -0.39 is 5.54 Å². The Hall–Kier alpha value is -2.36. The number of methoxy groups -OCH3 is 1. The van der Waals surface area contributed by atoms with Gasteiger partial charge in [-0.3, -0.25) is 4.98 Å². The first-order valence-electron chi connectivity index (χ1n) is 6.40. The normalized spacial score (nSPS) is 13.3. The van der Waals surface area contributed by atoms with Gasteiger partial charge < -0.3 is 10.1 Å². The summed E-state index contributed by atoms with van der Waals surface area (Å²) in [5, 5.41) is 3.25.